The lowest BCUT2D eigenvalue weighted by Crippen LogP contribution is -2.47. The van der Waals surface area contributed by atoms with Gasteiger partial charge < -0.3 is 10.2 Å². The van der Waals surface area contributed by atoms with Gasteiger partial charge >= 0.3 is 12.1 Å². The molecule has 0 saturated heterocycles. The molecule has 3 aliphatic carbocycles. The first kappa shape index (κ1) is 33.5. The molecule has 240 valence electrons. The summed E-state index contributed by atoms with van der Waals surface area (Å²) < 4.78 is 86.8. The summed E-state index contributed by atoms with van der Waals surface area (Å²) in [5.74, 6) is -3.27. The van der Waals surface area contributed by atoms with Gasteiger partial charge in [0.05, 0.1) is 17.6 Å². The number of hydrogen-bond acceptors (Lipinski definition) is 4. The summed E-state index contributed by atoms with van der Waals surface area (Å²) in [7, 11) is -3.64. The van der Waals surface area contributed by atoms with E-state index in [0.29, 0.717) is 42.3 Å². The minimum atomic E-state index is -5.65. The van der Waals surface area contributed by atoms with Gasteiger partial charge in [0, 0.05) is 6.42 Å². The number of fused-ring (bicyclic) bond motifs is 5. The van der Waals surface area contributed by atoms with E-state index in [4.69, 9.17) is 0 Å². The number of alkyl halides is 5. The third-order valence-corrected chi connectivity index (χ3v) is 12.5. The number of phenols is 1. The SMILES string of the molecule is C[C@]12CC[C@@H]3c4ccc(O)cc4C[C@@H](CCCCCCCCCS(=O)(=O)CCCC(F)(F)C(F)(F)F)[C@H]3[C@@H]1CC[C@@H]2O. The first-order valence-electron chi connectivity index (χ1n) is 15.8. The molecule has 42 heavy (non-hydrogen) atoms. The van der Waals surface area contributed by atoms with Crippen molar-refractivity contribution in [3.63, 3.8) is 0 Å². The lowest BCUT2D eigenvalue weighted by Gasteiger charge is -2.53. The van der Waals surface area contributed by atoms with E-state index in [1.54, 1.807) is 0 Å². The lowest BCUT2D eigenvalue weighted by molar-refractivity contribution is -0.284. The Bertz CT molecular complexity index is 1150. The van der Waals surface area contributed by atoms with Crippen LogP contribution in [0.5, 0.6) is 5.75 Å². The van der Waals surface area contributed by atoms with Gasteiger partial charge in [-0.15, -0.1) is 0 Å². The monoisotopic (exact) mass is 622 g/mol. The molecule has 2 saturated carbocycles. The summed E-state index contributed by atoms with van der Waals surface area (Å²) in [6, 6.07) is 5.86. The normalized spacial score (nSPS) is 29.6. The van der Waals surface area contributed by atoms with E-state index in [-0.39, 0.29) is 17.3 Å². The van der Waals surface area contributed by atoms with E-state index in [2.05, 4.69) is 13.0 Å². The van der Waals surface area contributed by atoms with Gasteiger partial charge in [0.25, 0.3) is 0 Å². The predicted octanol–water partition coefficient (Wildman–Crippen LogP) is 8.35. The third-order valence-electron chi connectivity index (χ3n) is 10.7. The van der Waals surface area contributed by atoms with Crippen molar-refractivity contribution in [2.75, 3.05) is 11.5 Å². The van der Waals surface area contributed by atoms with Crippen molar-refractivity contribution in [1.29, 1.82) is 0 Å². The Balaban J connectivity index is 1.17. The second-order valence-electron chi connectivity index (χ2n) is 13.5. The molecule has 4 nitrogen and oxygen atoms in total. The molecular formula is C32H47F5O4S. The lowest BCUT2D eigenvalue weighted by atomic mass is 9.52. The molecule has 0 spiro atoms. The average Bonchev–Trinajstić information content (AvgIpc) is 3.20. The van der Waals surface area contributed by atoms with Crippen LogP contribution in [0.25, 0.3) is 0 Å². The molecule has 0 unspecified atom stereocenters. The molecule has 0 aliphatic heterocycles. The minimum Gasteiger partial charge on any atom is -0.508 e. The number of aliphatic hydroxyl groups is 1. The molecular weight excluding hydrogens is 575 g/mol. The fraction of sp³-hybridized carbons (Fsp3) is 0.812. The molecule has 0 heterocycles. The highest BCUT2D eigenvalue weighted by molar-refractivity contribution is 7.91. The van der Waals surface area contributed by atoms with E-state index >= 15 is 0 Å². The zero-order valence-electron chi connectivity index (χ0n) is 24.6. The summed E-state index contributed by atoms with van der Waals surface area (Å²) in [5.41, 5.74) is 2.65. The molecule has 6 atom stereocenters. The number of rotatable bonds is 14. The first-order chi connectivity index (χ1) is 19.6. The van der Waals surface area contributed by atoms with Gasteiger partial charge in [0.2, 0.25) is 0 Å². The van der Waals surface area contributed by atoms with Crippen LogP contribution in [0.2, 0.25) is 0 Å². The topological polar surface area (TPSA) is 74.6 Å². The number of benzene rings is 1. The second kappa shape index (κ2) is 13.3. The predicted molar refractivity (Wildman–Crippen MR) is 153 cm³/mol. The van der Waals surface area contributed by atoms with Crippen LogP contribution in [0.1, 0.15) is 114 Å². The Morgan fingerprint density at radius 1 is 0.905 bits per heavy atom. The van der Waals surface area contributed by atoms with Crippen LogP contribution in [0, 0.1) is 23.2 Å². The molecule has 10 heteroatoms. The number of hydrogen-bond donors (Lipinski definition) is 2. The fourth-order valence-corrected chi connectivity index (χ4v) is 9.83. The molecule has 0 radical (unpaired) electrons. The van der Waals surface area contributed by atoms with Crippen molar-refractivity contribution >= 4 is 9.84 Å². The van der Waals surface area contributed by atoms with Gasteiger partial charge in [0.1, 0.15) is 15.6 Å². The third kappa shape index (κ3) is 7.62. The Hall–Kier alpha value is -1.42. The van der Waals surface area contributed by atoms with Crippen molar-refractivity contribution in [2.45, 2.75) is 127 Å². The van der Waals surface area contributed by atoms with Crippen molar-refractivity contribution in [1.82, 2.24) is 0 Å². The number of aromatic hydroxyl groups is 1. The molecule has 1 aromatic carbocycles. The first-order valence-corrected chi connectivity index (χ1v) is 17.6. The largest absolute Gasteiger partial charge is 0.508 e. The van der Waals surface area contributed by atoms with Crippen LogP contribution in [-0.2, 0) is 16.3 Å². The molecule has 0 bridgehead atoms. The number of halogens is 5. The number of unbranched alkanes of at least 4 members (excludes halogenated alkanes) is 6. The molecule has 2 fully saturated rings. The number of aliphatic hydroxyl groups excluding tert-OH is 1. The number of phenolic OH excluding ortho intramolecular Hbond substituents is 1. The molecule has 2 N–H and O–H groups in total. The number of sulfone groups is 1. The summed E-state index contributed by atoms with van der Waals surface area (Å²) >= 11 is 0. The van der Waals surface area contributed by atoms with Crippen LogP contribution in [0.3, 0.4) is 0 Å². The highest BCUT2D eigenvalue weighted by Gasteiger charge is 2.57. The van der Waals surface area contributed by atoms with Crippen molar-refractivity contribution in [3.05, 3.63) is 29.3 Å². The Morgan fingerprint density at radius 3 is 2.24 bits per heavy atom. The zero-order chi connectivity index (χ0) is 30.8. The van der Waals surface area contributed by atoms with Gasteiger partial charge in [-0.1, -0.05) is 51.5 Å². The summed E-state index contributed by atoms with van der Waals surface area (Å²) in [5, 5.41) is 21.0. The van der Waals surface area contributed by atoms with Gasteiger partial charge in [-0.05, 0) is 104 Å². The highest BCUT2D eigenvalue weighted by atomic mass is 32.2. The maximum Gasteiger partial charge on any atom is 0.453 e. The summed E-state index contributed by atoms with van der Waals surface area (Å²) in [6.07, 6.45) is 4.22. The van der Waals surface area contributed by atoms with Crippen molar-refractivity contribution in [3.8, 4) is 5.75 Å². The van der Waals surface area contributed by atoms with Crippen LogP contribution in [-0.4, -0.2) is 48.3 Å². The molecule has 0 amide bonds. The molecule has 4 rings (SSSR count). The van der Waals surface area contributed by atoms with Gasteiger partial charge in [0.15, 0.2) is 0 Å². The average molecular weight is 623 g/mol. The summed E-state index contributed by atoms with van der Waals surface area (Å²) in [4.78, 5) is 0. The van der Waals surface area contributed by atoms with Crippen LogP contribution >= 0.6 is 0 Å². The minimum absolute atomic E-state index is 0.00450. The maximum atomic E-state index is 13.0. The Labute approximate surface area is 247 Å². The van der Waals surface area contributed by atoms with E-state index in [0.717, 1.165) is 70.6 Å². The summed E-state index contributed by atoms with van der Waals surface area (Å²) in [6.45, 7) is 2.28. The maximum absolute atomic E-state index is 13.0. The zero-order valence-corrected chi connectivity index (χ0v) is 25.5. The van der Waals surface area contributed by atoms with Crippen LogP contribution < -0.4 is 0 Å². The van der Waals surface area contributed by atoms with Gasteiger partial charge in [-0.2, -0.15) is 22.0 Å². The van der Waals surface area contributed by atoms with Crippen molar-refractivity contribution in [2.24, 2.45) is 23.2 Å². The standard InChI is InChI=1S/C32H47F5O4S/c1-30-17-15-26-25-12-11-24(38)21-23(25)20-22(29(26)27(30)13-14-28(30)39)10-7-5-3-2-4-6-8-18-42(40,41)19-9-16-31(33,34)32(35,36)37/h11-12,21-22,26-29,38-39H,2-10,13-20H2,1H3/t22-,26-,27+,28+,29-,30+/m1/s1. The fourth-order valence-electron chi connectivity index (χ4n) is 8.40. The molecule has 1 aromatic rings. The molecule has 3 aliphatic rings. The van der Waals surface area contributed by atoms with E-state index in [1.165, 1.54) is 11.1 Å². The molecule has 0 aromatic heterocycles. The van der Waals surface area contributed by atoms with Crippen LogP contribution in [0.4, 0.5) is 22.0 Å². The van der Waals surface area contributed by atoms with Gasteiger partial charge in [-0.25, -0.2) is 8.42 Å². The second-order valence-corrected chi connectivity index (χ2v) is 15.8. The smallest absolute Gasteiger partial charge is 0.453 e. The Kier molecular flexibility index (Phi) is 10.6. The van der Waals surface area contributed by atoms with Crippen LogP contribution in [0.15, 0.2) is 18.2 Å². The van der Waals surface area contributed by atoms with E-state index < -0.39 is 40.5 Å². The highest BCUT2D eigenvalue weighted by Crippen LogP contribution is 2.62. The van der Waals surface area contributed by atoms with Gasteiger partial charge in [-0.3, -0.25) is 0 Å². The van der Waals surface area contributed by atoms with E-state index in [9.17, 15) is 40.6 Å². The van der Waals surface area contributed by atoms with Crippen molar-refractivity contribution < 1.29 is 40.6 Å². The van der Waals surface area contributed by atoms with E-state index in [1.807, 2.05) is 12.1 Å². The quantitative estimate of drug-likeness (QED) is 0.162. The Morgan fingerprint density at radius 2 is 1.55 bits per heavy atom.